The number of benzene rings is 1. The quantitative estimate of drug-likeness (QED) is 0.536. The molecule has 0 saturated carbocycles. The van der Waals surface area contributed by atoms with Crippen LogP contribution in [0.15, 0.2) is 53.6 Å². The predicted molar refractivity (Wildman–Crippen MR) is 112 cm³/mol. The van der Waals surface area contributed by atoms with Gasteiger partial charge in [0.05, 0.1) is 29.8 Å². The lowest BCUT2D eigenvalue weighted by molar-refractivity contribution is 0.0363. The number of hydrogen-bond acceptors (Lipinski definition) is 5. The van der Waals surface area contributed by atoms with E-state index in [0.29, 0.717) is 11.9 Å². The maximum atomic E-state index is 13.0. The number of aromatic nitrogens is 4. The van der Waals surface area contributed by atoms with E-state index in [-0.39, 0.29) is 5.56 Å². The number of morpholine rings is 1. The van der Waals surface area contributed by atoms with Gasteiger partial charge in [0.1, 0.15) is 0 Å². The average Bonchev–Trinajstić information content (AvgIpc) is 3.11. The molecule has 7 nitrogen and oxygen atoms in total. The molecule has 3 aromatic heterocycles. The van der Waals surface area contributed by atoms with Crippen molar-refractivity contribution >= 4 is 16.6 Å². The number of hydrogen-bond donors (Lipinski definition) is 0. The Morgan fingerprint density at radius 3 is 2.66 bits per heavy atom. The molecule has 4 aromatic rings. The van der Waals surface area contributed by atoms with Gasteiger partial charge in [-0.25, -0.2) is 9.50 Å². The highest BCUT2D eigenvalue weighted by molar-refractivity contribution is 5.86. The number of rotatable bonds is 4. The van der Waals surface area contributed by atoms with Gasteiger partial charge < -0.3 is 9.30 Å². The molecule has 29 heavy (non-hydrogen) atoms. The highest BCUT2D eigenvalue weighted by Crippen LogP contribution is 2.28. The zero-order valence-corrected chi connectivity index (χ0v) is 16.4. The first-order valence-corrected chi connectivity index (χ1v) is 9.95. The SMILES string of the molecule is Cc1nn2c(ncc3c(=O)n(CCN4CCOCC4)ccc32)c1-c1ccccc1. The van der Waals surface area contributed by atoms with E-state index in [4.69, 9.17) is 9.84 Å². The van der Waals surface area contributed by atoms with Crippen molar-refractivity contribution in [3.05, 3.63) is 64.8 Å². The van der Waals surface area contributed by atoms with Gasteiger partial charge in [0.25, 0.3) is 5.56 Å². The minimum absolute atomic E-state index is 0.0282. The average molecular weight is 389 g/mol. The van der Waals surface area contributed by atoms with Crippen molar-refractivity contribution in [3.63, 3.8) is 0 Å². The van der Waals surface area contributed by atoms with E-state index in [1.807, 2.05) is 37.4 Å². The topological polar surface area (TPSA) is 64.7 Å². The second-order valence-electron chi connectivity index (χ2n) is 7.39. The number of fused-ring (bicyclic) bond motifs is 3. The summed E-state index contributed by atoms with van der Waals surface area (Å²) in [4.78, 5) is 20.0. The highest BCUT2D eigenvalue weighted by atomic mass is 16.5. The summed E-state index contributed by atoms with van der Waals surface area (Å²) < 4.78 is 8.95. The molecule has 0 radical (unpaired) electrons. The lowest BCUT2D eigenvalue weighted by atomic mass is 10.1. The molecule has 7 heteroatoms. The molecule has 148 valence electrons. The zero-order chi connectivity index (χ0) is 19.8. The summed E-state index contributed by atoms with van der Waals surface area (Å²) in [7, 11) is 0. The first-order valence-electron chi connectivity index (χ1n) is 9.95. The van der Waals surface area contributed by atoms with Crippen LogP contribution >= 0.6 is 0 Å². The molecule has 4 heterocycles. The maximum Gasteiger partial charge on any atom is 0.261 e. The van der Waals surface area contributed by atoms with Crippen LogP contribution in [0, 0.1) is 6.92 Å². The van der Waals surface area contributed by atoms with E-state index in [9.17, 15) is 4.79 Å². The summed E-state index contributed by atoms with van der Waals surface area (Å²) in [5.74, 6) is 0. The van der Waals surface area contributed by atoms with E-state index in [1.54, 1.807) is 15.3 Å². The summed E-state index contributed by atoms with van der Waals surface area (Å²) in [6.45, 7) is 6.82. The molecule has 0 spiro atoms. The van der Waals surface area contributed by atoms with Crippen molar-refractivity contribution in [2.45, 2.75) is 13.5 Å². The zero-order valence-electron chi connectivity index (χ0n) is 16.4. The molecule has 1 saturated heterocycles. The Kier molecular flexibility index (Phi) is 4.61. The van der Waals surface area contributed by atoms with Crippen molar-refractivity contribution in [1.29, 1.82) is 0 Å². The molecule has 0 unspecified atom stereocenters. The molecule has 0 bridgehead atoms. The fourth-order valence-electron chi connectivity index (χ4n) is 4.01. The molecular weight excluding hydrogens is 366 g/mol. The Bertz CT molecular complexity index is 1220. The molecule has 0 aliphatic carbocycles. The Morgan fingerprint density at radius 1 is 1.07 bits per heavy atom. The van der Waals surface area contributed by atoms with E-state index in [1.165, 1.54) is 0 Å². The van der Waals surface area contributed by atoms with E-state index < -0.39 is 0 Å². The van der Waals surface area contributed by atoms with Gasteiger partial charge in [-0.2, -0.15) is 5.10 Å². The standard InChI is InChI=1S/C22H23N5O2/c1-16-20(17-5-3-2-4-6-17)21-23-15-18-19(27(21)24-16)7-8-26(22(18)28)10-9-25-11-13-29-14-12-25/h2-8,15H,9-14H2,1H3. The van der Waals surface area contributed by atoms with Crippen LogP contribution in [0.3, 0.4) is 0 Å². The molecule has 5 rings (SSSR count). The Hall–Kier alpha value is -3.03. The number of nitrogens with zero attached hydrogens (tertiary/aromatic N) is 5. The fourth-order valence-corrected chi connectivity index (χ4v) is 4.01. The van der Waals surface area contributed by atoms with Crippen LogP contribution in [0.4, 0.5) is 0 Å². The highest BCUT2D eigenvalue weighted by Gasteiger charge is 2.16. The summed E-state index contributed by atoms with van der Waals surface area (Å²) >= 11 is 0. The summed E-state index contributed by atoms with van der Waals surface area (Å²) in [6.07, 6.45) is 3.55. The van der Waals surface area contributed by atoms with Gasteiger partial charge in [-0.15, -0.1) is 0 Å². The van der Waals surface area contributed by atoms with Crippen LogP contribution in [-0.4, -0.2) is 56.9 Å². The molecule has 0 N–H and O–H groups in total. The van der Waals surface area contributed by atoms with Gasteiger partial charge in [0.2, 0.25) is 0 Å². The van der Waals surface area contributed by atoms with Crippen LogP contribution in [-0.2, 0) is 11.3 Å². The monoisotopic (exact) mass is 389 g/mol. The summed E-state index contributed by atoms with van der Waals surface area (Å²) in [5, 5.41) is 5.28. The molecule has 0 atom stereocenters. The van der Waals surface area contributed by atoms with E-state index in [0.717, 1.165) is 60.8 Å². The molecule has 1 aliphatic heterocycles. The Labute approximate surface area is 168 Å². The number of ether oxygens (including phenoxy) is 1. The van der Waals surface area contributed by atoms with Gasteiger partial charge >= 0.3 is 0 Å². The largest absolute Gasteiger partial charge is 0.379 e. The van der Waals surface area contributed by atoms with E-state index in [2.05, 4.69) is 22.0 Å². The third-order valence-corrected chi connectivity index (χ3v) is 5.58. The van der Waals surface area contributed by atoms with Crippen LogP contribution < -0.4 is 5.56 Å². The first-order chi connectivity index (χ1) is 14.2. The second-order valence-corrected chi connectivity index (χ2v) is 7.39. The molecular formula is C22H23N5O2. The summed E-state index contributed by atoms with van der Waals surface area (Å²) in [5.41, 5.74) is 4.50. The van der Waals surface area contributed by atoms with Crippen molar-refractivity contribution in [1.82, 2.24) is 24.1 Å². The van der Waals surface area contributed by atoms with Crippen molar-refractivity contribution in [2.24, 2.45) is 0 Å². The third-order valence-electron chi connectivity index (χ3n) is 5.58. The van der Waals surface area contributed by atoms with Crippen molar-refractivity contribution < 1.29 is 4.74 Å². The van der Waals surface area contributed by atoms with Gasteiger partial charge in [0, 0.05) is 44.1 Å². The minimum Gasteiger partial charge on any atom is -0.379 e. The van der Waals surface area contributed by atoms with Gasteiger partial charge in [0.15, 0.2) is 5.65 Å². The smallest absolute Gasteiger partial charge is 0.261 e. The Balaban J connectivity index is 1.55. The van der Waals surface area contributed by atoms with Crippen molar-refractivity contribution in [2.75, 3.05) is 32.8 Å². The van der Waals surface area contributed by atoms with Crippen LogP contribution in [0.2, 0.25) is 0 Å². The number of pyridine rings is 1. The molecule has 0 amide bonds. The van der Waals surface area contributed by atoms with E-state index >= 15 is 0 Å². The van der Waals surface area contributed by atoms with Crippen molar-refractivity contribution in [3.8, 4) is 11.1 Å². The lowest BCUT2D eigenvalue weighted by Crippen LogP contribution is -2.39. The molecule has 1 aliphatic rings. The second kappa shape index (κ2) is 7.42. The normalized spacial score (nSPS) is 15.3. The number of aryl methyl sites for hydroxylation is 1. The van der Waals surface area contributed by atoms with Gasteiger partial charge in [-0.3, -0.25) is 9.69 Å². The molecule has 1 fully saturated rings. The third kappa shape index (κ3) is 3.22. The van der Waals surface area contributed by atoms with Crippen LogP contribution in [0.5, 0.6) is 0 Å². The van der Waals surface area contributed by atoms with Crippen LogP contribution in [0.1, 0.15) is 5.69 Å². The fraction of sp³-hybridized carbons (Fsp3) is 0.318. The van der Waals surface area contributed by atoms with Gasteiger partial charge in [-0.05, 0) is 18.6 Å². The van der Waals surface area contributed by atoms with Gasteiger partial charge in [-0.1, -0.05) is 30.3 Å². The first kappa shape index (κ1) is 18.0. The molecule has 1 aromatic carbocycles. The Morgan fingerprint density at radius 2 is 1.86 bits per heavy atom. The lowest BCUT2D eigenvalue weighted by Gasteiger charge is -2.26. The minimum atomic E-state index is -0.0282. The summed E-state index contributed by atoms with van der Waals surface area (Å²) in [6, 6.07) is 12.1. The van der Waals surface area contributed by atoms with Crippen LogP contribution in [0.25, 0.3) is 27.7 Å². The maximum absolute atomic E-state index is 13.0. The predicted octanol–water partition coefficient (Wildman–Crippen LogP) is 2.35.